The Morgan fingerprint density at radius 1 is 1.33 bits per heavy atom. The van der Waals surface area contributed by atoms with Crippen LogP contribution in [0.25, 0.3) is 0 Å². The molecule has 0 bridgehead atoms. The molecule has 0 saturated carbocycles. The van der Waals surface area contributed by atoms with Crippen LogP contribution in [0.4, 0.5) is 5.69 Å². The van der Waals surface area contributed by atoms with Crippen LogP contribution in [-0.2, 0) is 32.7 Å². The molecule has 0 amide bonds. The van der Waals surface area contributed by atoms with Crippen LogP contribution in [0.15, 0.2) is 29.3 Å². The molecule has 1 aromatic carbocycles. The average molecular weight is 276 g/mol. The second-order valence-corrected chi connectivity index (χ2v) is 3.20. The molecule has 1 aromatic rings. The van der Waals surface area contributed by atoms with E-state index in [4.69, 9.17) is 0 Å². The number of piperazine rings is 1. The van der Waals surface area contributed by atoms with E-state index in [1.165, 1.54) is 0 Å². The van der Waals surface area contributed by atoms with Crippen LogP contribution in [0.5, 0.6) is 0 Å². The van der Waals surface area contributed by atoms with Crippen molar-refractivity contribution in [3.8, 4) is 0 Å². The van der Waals surface area contributed by atoms with E-state index in [9.17, 15) is 0 Å². The summed E-state index contributed by atoms with van der Waals surface area (Å²) in [6.45, 7) is 3.99. The molecule has 1 saturated heterocycles. The average Bonchev–Trinajstić information content (AvgIpc) is 2.29. The van der Waals surface area contributed by atoms with Crippen molar-refractivity contribution < 1.29 is 32.7 Å². The van der Waals surface area contributed by atoms with Gasteiger partial charge in [-0.1, -0.05) is 6.34 Å². The zero-order chi connectivity index (χ0) is 9.64. The monoisotopic (exact) mass is 276 g/mol. The molecule has 0 atom stereocenters. The second kappa shape index (κ2) is 7.10. The van der Waals surface area contributed by atoms with Crippen molar-refractivity contribution in [2.45, 2.75) is 0 Å². The van der Waals surface area contributed by atoms with Crippen molar-refractivity contribution >= 4 is 12.0 Å². The summed E-state index contributed by atoms with van der Waals surface area (Å²) in [6, 6.07) is 10.7. The van der Waals surface area contributed by atoms with Crippen molar-refractivity contribution in [3.05, 3.63) is 30.3 Å². The fourth-order valence-electron chi connectivity index (χ4n) is 1.34. The van der Waals surface area contributed by atoms with Gasteiger partial charge in [-0.25, -0.2) is 11.8 Å². The Kier molecular flexibility index (Phi) is 6.07. The largest absolute Gasteiger partial charge is 0.460 e. The second-order valence-electron chi connectivity index (χ2n) is 3.20. The predicted molar refractivity (Wildman–Crippen MR) is 56.8 cm³/mol. The van der Waals surface area contributed by atoms with Crippen molar-refractivity contribution in [2.75, 3.05) is 26.2 Å². The first-order chi connectivity index (χ1) is 6.95. The summed E-state index contributed by atoms with van der Waals surface area (Å²) in [6.07, 6.45) is 3.02. The fourth-order valence-corrected chi connectivity index (χ4v) is 1.34. The van der Waals surface area contributed by atoms with E-state index < -0.39 is 0 Å². The molecular weight excluding hydrogens is 263 g/mol. The molecule has 1 aliphatic heterocycles. The van der Waals surface area contributed by atoms with E-state index in [2.05, 4.69) is 27.6 Å². The number of nitrogens with one attached hydrogen (secondary N) is 1. The van der Waals surface area contributed by atoms with Gasteiger partial charge in [0.05, 0.1) is 0 Å². The molecule has 0 spiro atoms. The van der Waals surface area contributed by atoms with Crippen molar-refractivity contribution in [2.24, 2.45) is 4.99 Å². The maximum absolute atomic E-state index is 4.22. The van der Waals surface area contributed by atoms with Gasteiger partial charge >= 0.3 is 0 Å². The maximum Gasteiger partial charge on any atom is 0.0137 e. The Bertz CT molecular complexity index is 294. The molecule has 1 fully saturated rings. The first-order valence-corrected chi connectivity index (χ1v) is 4.84. The summed E-state index contributed by atoms with van der Waals surface area (Å²) in [4.78, 5) is 6.32. The summed E-state index contributed by atoms with van der Waals surface area (Å²) in [7, 11) is 0. The fraction of sp³-hybridized carbons (Fsp3) is 0.364. The van der Waals surface area contributed by atoms with Gasteiger partial charge in [0.1, 0.15) is 0 Å². The molecule has 0 unspecified atom stereocenters. The molecule has 1 heterocycles. The minimum atomic E-state index is 0. The van der Waals surface area contributed by atoms with Gasteiger partial charge in [-0.3, -0.25) is 6.07 Å². The van der Waals surface area contributed by atoms with E-state index in [-0.39, 0.29) is 32.7 Å². The van der Waals surface area contributed by atoms with Gasteiger partial charge in [-0.15, -0.1) is 0 Å². The Labute approximate surface area is 116 Å². The van der Waals surface area contributed by atoms with Crippen LogP contribution in [0.2, 0.25) is 0 Å². The number of para-hydroxylation sites is 1. The third kappa shape index (κ3) is 4.41. The molecule has 0 aromatic heterocycles. The van der Waals surface area contributed by atoms with Gasteiger partial charge in [0.25, 0.3) is 0 Å². The standard InChI is InChI=1S/C11H13N3.Y/c1-2-4-11(5-3-1)13-10-14-8-6-12-7-9-14;/h1-4,12H,6-9H2;/q-2;. The smallest absolute Gasteiger partial charge is 0.0137 e. The summed E-state index contributed by atoms with van der Waals surface area (Å²) in [5.74, 6) is 0. The number of aliphatic imine (C=N–C) groups is 1. The molecule has 77 valence electrons. The van der Waals surface area contributed by atoms with Crippen molar-refractivity contribution in [1.82, 2.24) is 10.2 Å². The number of hydrogen-bond donors (Lipinski definition) is 1. The van der Waals surface area contributed by atoms with E-state index >= 15 is 0 Å². The molecule has 1 aliphatic rings. The molecule has 0 aliphatic carbocycles. The summed E-state index contributed by atoms with van der Waals surface area (Å²) in [5, 5.41) is 3.28. The molecule has 3 nitrogen and oxygen atoms in total. The third-order valence-electron chi connectivity index (χ3n) is 2.12. The van der Waals surface area contributed by atoms with E-state index in [0.29, 0.717) is 0 Å². The van der Waals surface area contributed by atoms with Crippen LogP contribution < -0.4 is 5.32 Å². The number of nitrogens with zero attached hydrogens (tertiary/aromatic N) is 2. The minimum absolute atomic E-state index is 0. The maximum atomic E-state index is 4.22. The summed E-state index contributed by atoms with van der Waals surface area (Å²) >= 11 is 0. The van der Waals surface area contributed by atoms with Gasteiger partial charge in [-0.2, -0.15) is 18.2 Å². The SMILES string of the molecule is [C-](=Nc1[c-]cccc1)N1CCNCC1.[Y]. The summed E-state index contributed by atoms with van der Waals surface area (Å²) < 4.78 is 0. The minimum Gasteiger partial charge on any atom is -0.460 e. The topological polar surface area (TPSA) is 27.6 Å². The van der Waals surface area contributed by atoms with Crippen LogP contribution >= 0.6 is 0 Å². The number of hydrogen-bond acceptors (Lipinski definition) is 2. The molecule has 2 rings (SSSR count). The quantitative estimate of drug-likeness (QED) is 0.494. The van der Waals surface area contributed by atoms with Gasteiger partial charge in [0.15, 0.2) is 0 Å². The predicted octanol–water partition coefficient (Wildman–Crippen LogP) is 0.926. The zero-order valence-electron chi connectivity index (χ0n) is 8.61. The Hall–Kier alpha value is -0.246. The third-order valence-corrected chi connectivity index (χ3v) is 2.12. The van der Waals surface area contributed by atoms with Gasteiger partial charge in [0.2, 0.25) is 0 Å². The normalized spacial score (nSPS) is 16.4. The summed E-state index contributed by atoms with van der Waals surface area (Å²) in [5.41, 5.74) is 0.839. The van der Waals surface area contributed by atoms with Crippen LogP contribution in [0, 0.1) is 6.07 Å². The van der Waals surface area contributed by atoms with Gasteiger partial charge < -0.3 is 15.2 Å². The number of benzene rings is 1. The Morgan fingerprint density at radius 2 is 2.13 bits per heavy atom. The van der Waals surface area contributed by atoms with Gasteiger partial charge in [-0.05, 0) is 0 Å². The van der Waals surface area contributed by atoms with Gasteiger partial charge in [0, 0.05) is 58.9 Å². The van der Waals surface area contributed by atoms with E-state index in [1.54, 1.807) is 0 Å². The van der Waals surface area contributed by atoms with Crippen LogP contribution in [-0.4, -0.2) is 37.4 Å². The van der Waals surface area contributed by atoms with E-state index in [1.807, 2.05) is 24.3 Å². The molecular formula is C11H13N3Y-2. The van der Waals surface area contributed by atoms with Crippen molar-refractivity contribution in [1.29, 1.82) is 0 Å². The zero-order valence-corrected chi connectivity index (χ0v) is 11.4. The molecule has 15 heavy (non-hydrogen) atoms. The number of rotatable bonds is 2. The Morgan fingerprint density at radius 3 is 2.80 bits per heavy atom. The molecule has 4 heteroatoms. The molecule has 1 N–H and O–H groups in total. The van der Waals surface area contributed by atoms with Crippen LogP contribution in [0.1, 0.15) is 0 Å². The first kappa shape index (κ1) is 12.8. The van der Waals surface area contributed by atoms with Crippen LogP contribution in [0.3, 0.4) is 0 Å². The first-order valence-electron chi connectivity index (χ1n) is 4.84. The van der Waals surface area contributed by atoms with E-state index in [0.717, 1.165) is 31.9 Å². The Balaban J connectivity index is 0.00000112. The molecule has 1 radical (unpaired) electrons. The van der Waals surface area contributed by atoms with Crippen molar-refractivity contribution in [3.63, 3.8) is 0 Å².